The van der Waals surface area contributed by atoms with Gasteiger partial charge in [0.25, 0.3) is 0 Å². The first-order valence-electron chi connectivity index (χ1n) is 7.75. The molecule has 0 unspecified atom stereocenters. The van der Waals surface area contributed by atoms with E-state index in [1.54, 1.807) is 12.1 Å². The van der Waals surface area contributed by atoms with Crippen LogP contribution in [0, 0.1) is 0 Å². The fourth-order valence-corrected chi connectivity index (χ4v) is 2.62. The summed E-state index contributed by atoms with van der Waals surface area (Å²) in [5, 5.41) is 0. The standard InChI is InChI=1S/C20H18N2O2/c23-15-19-5-1-3-11-21(19)13-17-7-9-18(10-8-17)14-22-12-4-2-6-20(22)16-24/h1-12,15-16H,13-14H2/q+2. The topological polar surface area (TPSA) is 41.9 Å². The number of rotatable bonds is 6. The van der Waals surface area contributed by atoms with Gasteiger partial charge in [0, 0.05) is 35.4 Å². The van der Waals surface area contributed by atoms with Crippen LogP contribution in [0.25, 0.3) is 0 Å². The van der Waals surface area contributed by atoms with Crippen molar-refractivity contribution < 1.29 is 18.7 Å². The maximum absolute atomic E-state index is 11.1. The van der Waals surface area contributed by atoms with Gasteiger partial charge in [0.2, 0.25) is 24.0 Å². The molecule has 3 rings (SSSR count). The van der Waals surface area contributed by atoms with Gasteiger partial charge in [0.05, 0.1) is 0 Å². The molecular weight excluding hydrogens is 300 g/mol. The summed E-state index contributed by atoms with van der Waals surface area (Å²) < 4.78 is 3.83. The second-order valence-corrected chi connectivity index (χ2v) is 5.56. The summed E-state index contributed by atoms with van der Waals surface area (Å²) in [7, 11) is 0. The Morgan fingerprint density at radius 3 is 1.42 bits per heavy atom. The van der Waals surface area contributed by atoms with Crippen LogP contribution in [0.4, 0.5) is 0 Å². The van der Waals surface area contributed by atoms with Crippen LogP contribution in [0.5, 0.6) is 0 Å². The van der Waals surface area contributed by atoms with E-state index in [4.69, 9.17) is 0 Å². The van der Waals surface area contributed by atoms with E-state index in [1.807, 2.05) is 70.1 Å². The molecular formula is C20H18N2O2+2. The van der Waals surface area contributed by atoms with Crippen LogP contribution >= 0.6 is 0 Å². The Kier molecular flexibility index (Phi) is 4.87. The molecule has 1 aromatic carbocycles. The molecule has 3 aromatic rings. The minimum Gasteiger partial charge on any atom is -0.291 e. The molecule has 0 radical (unpaired) electrons. The van der Waals surface area contributed by atoms with Crippen LogP contribution in [0.15, 0.2) is 73.1 Å². The van der Waals surface area contributed by atoms with Gasteiger partial charge in [-0.3, -0.25) is 9.59 Å². The predicted octanol–water partition coefficient (Wildman–Crippen LogP) is 1.98. The number of aromatic nitrogens is 2. The minimum absolute atomic E-state index is 0.646. The van der Waals surface area contributed by atoms with Crippen LogP contribution in [-0.4, -0.2) is 12.6 Å². The highest BCUT2D eigenvalue weighted by molar-refractivity contribution is 5.69. The number of benzene rings is 1. The van der Waals surface area contributed by atoms with Gasteiger partial charge in [0.15, 0.2) is 25.5 Å². The number of nitrogens with zero attached hydrogens (tertiary/aromatic N) is 2. The number of hydrogen-bond donors (Lipinski definition) is 0. The van der Waals surface area contributed by atoms with E-state index < -0.39 is 0 Å². The zero-order valence-electron chi connectivity index (χ0n) is 13.2. The van der Waals surface area contributed by atoms with Gasteiger partial charge >= 0.3 is 0 Å². The third-order valence-electron chi connectivity index (χ3n) is 3.92. The van der Waals surface area contributed by atoms with Crippen molar-refractivity contribution in [1.82, 2.24) is 0 Å². The third kappa shape index (κ3) is 3.60. The van der Waals surface area contributed by atoms with Crippen molar-refractivity contribution in [2.45, 2.75) is 13.1 Å². The Morgan fingerprint density at radius 2 is 1.04 bits per heavy atom. The zero-order chi connectivity index (χ0) is 16.8. The molecule has 0 aliphatic rings. The summed E-state index contributed by atoms with van der Waals surface area (Å²) in [6.45, 7) is 1.29. The van der Waals surface area contributed by atoms with Gasteiger partial charge in [-0.2, -0.15) is 9.13 Å². The van der Waals surface area contributed by atoms with Gasteiger partial charge in [-0.05, 0) is 12.1 Å². The molecule has 0 N–H and O–H groups in total. The Morgan fingerprint density at radius 1 is 0.625 bits per heavy atom. The summed E-state index contributed by atoms with van der Waals surface area (Å²) in [6, 6.07) is 19.3. The lowest BCUT2D eigenvalue weighted by molar-refractivity contribution is -0.690. The van der Waals surface area contributed by atoms with E-state index >= 15 is 0 Å². The molecule has 0 fully saturated rings. The third-order valence-corrected chi connectivity index (χ3v) is 3.92. The normalized spacial score (nSPS) is 10.3. The monoisotopic (exact) mass is 318 g/mol. The van der Waals surface area contributed by atoms with Gasteiger partial charge in [0.1, 0.15) is 0 Å². The number of pyridine rings is 2. The maximum atomic E-state index is 11.1. The van der Waals surface area contributed by atoms with Crippen molar-refractivity contribution >= 4 is 12.6 Å². The number of carbonyl (C=O) groups is 2. The molecule has 4 heteroatoms. The lowest BCUT2D eigenvalue weighted by atomic mass is 10.1. The summed E-state index contributed by atoms with van der Waals surface area (Å²) in [5.74, 6) is 0. The SMILES string of the molecule is O=Cc1cccc[n+]1Cc1ccc(C[n+]2ccccc2C=O)cc1. The molecule has 4 nitrogen and oxygen atoms in total. The number of hydrogen-bond acceptors (Lipinski definition) is 2. The molecule has 0 aliphatic carbocycles. The number of aldehydes is 2. The first-order valence-corrected chi connectivity index (χ1v) is 7.75. The van der Waals surface area contributed by atoms with Crippen molar-refractivity contribution in [3.05, 3.63) is 95.6 Å². The van der Waals surface area contributed by atoms with Crippen molar-refractivity contribution in [3.8, 4) is 0 Å². The number of carbonyl (C=O) groups excluding carboxylic acids is 2. The quantitative estimate of drug-likeness (QED) is 0.515. The highest BCUT2D eigenvalue weighted by atomic mass is 16.1. The lowest BCUT2D eigenvalue weighted by Gasteiger charge is -2.03. The van der Waals surface area contributed by atoms with E-state index in [9.17, 15) is 9.59 Å². The molecule has 0 aliphatic heterocycles. The lowest BCUT2D eigenvalue weighted by Crippen LogP contribution is -2.39. The fourth-order valence-electron chi connectivity index (χ4n) is 2.62. The van der Waals surface area contributed by atoms with Gasteiger partial charge < -0.3 is 0 Å². The van der Waals surface area contributed by atoms with Crippen LogP contribution in [0.1, 0.15) is 32.1 Å². The minimum atomic E-state index is 0.646. The first-order chi connectivity index (χ1) is 11.8. The van der Waals surface area contributed by atoms with Gasteiger partial charge in [-0.15, -0.1) is 0 Å². The molecule has 0 saturated carbocycles. The van der Waals surface area contributed by atoms with E-state index in [-0.39, 0.29) is 0 Å². The molecule has 24 heavy (non-hydrogen) atoms. The summed E-state index contributed by atoms with van der Waals surface area (Å²) in [5.41, 5.74) is 3.53. The van der Waals surface area contributed by atoms with Crippen LogP contribution in [0.2, 0.25) is 0 Å². The highest BCUT2D eigenvalue weighted by Gasteiger charge is 2.11. The maximum Gasteiger partial charge on any atom is 0.245 e. The molecule has 0 amide bonds. The molecule has 0 bridgehead atoms. The van der Waals surface area contributed by atoms with Crippen molar-refractivity contribution in [2.24, 2.45) is 0 Å². The molecule has 2 heterocycles. The fraction of sp³-hybridized carbons (Fsp3) is 0.100. The smallest absolute Gasteiger partial charge is 0.245 e. The Hall–Kier alpha value is -3.14. The Labute approximate surface area is 140 Å². The second kappa shape index (κ2) is 7.42. The largest absolute Gasteiger partial charge is 0.291 e. The van der Waals surface area contributed by atoms with E-state index in [1.165, 1.54) is 0 Å². The van der Waals surface area contributed by atoms with Crippen molar-refractivity contribution in [1.29, 1.82) is 0 Å². The van der Waals surface area contributed by atoms with Gasteiger partial charge in [-0.25, -0.2) is 0 Å². The van der Waals surface area contributed by atoms with E-state index in [2.05, 4.69) is 0 Å². The molecule has 2 aromatic heterocycles. The molecule has 118 valence electrons. The van der Waals surface area contributed by atoms with E-state index in [0.29, 0.717) is 24.5 Å². The van der Waals surface area contributed by atoms with Crippen LogP contribution in [-0.2, 0) is 13.1 Å². The zero-order valence-corrected chi connectivity index (χ0v) is 13.2. The van der Waals surface area contributed by atoms with Crippen molar-refractivity contribution in [2.75, 3.05) is 0 Å². The summed E-state index contributed by atoms with van der Waals surface area (Å²) in [4.78, 5) is 22.2. The molecule has 0 spiro atoms. The average Bonchev–Trinajstić information content (AvgIpc) is 2.64. The summed E-state index contributed by atoms with van der Waals surface area (Å²) >= 11 is 0. The van der Waals surface area contributed by atoms with Gasteiger partial charge in [-0.1, -0.05) is 24.3 Å². The highest BCUT2D eigenvalue weighted by Crippen LogP contribution is 2.05. The Bertz CT molecular complexity index is 785. The Balaban J connectivity index is 1.76. The second-order valence-electron chi connectivity index (χ2n) is 5.56. The van der Waals surface area contributed by atoms with Crippen LogP contribution in [0.3, 0.4) is 0 Å². The van der Waals surface area contributed by atoms with E-state index in [0.717, 1.165) is 23.7 Å². The first kappa shape index (κ1) is 15.7. The summed E-state index contributed by atoms with van der Waals surface area (Å²) in [6.07, 6.45) is 5.52. The molecule has 0 atom stereocenters. The average molecular weight is 318 g/mol. The van der Waals surface area contributed by atoms with Crippen molar-refractivity contribution in [3.63, 3.8) is 0 Å². The van der Waals surface area contributed by atoms with Crippen LogP contribution < -0.4 is 9.13 Å². The predicted molar refractivity (Wildman–Crippen MR) is 88.7 cm³/mol. The molecule has 0 saturated heterocycles.